The van der Waals surface area contributed by atoms with E-state index in [1.54, 1.807) is 64.7 Å². The molecule has 1 saturated heterocycles. The van der Waals surface area contributed by atoms with Crippen molar-refractivity contribution < 1.29 is 18.8 Å². The predicted octanol–water partition coefficient (Wildman–Crippen LogP) is 4.45. The molecule has 1 aliphatic rings. The van der Waals surface area contributed by atoms with E-state index in [-0.39, 0.29) is 23.4 Å². The Morgan fingerprint density at radius 2 is 1.68 bits per heavy atom. The van der Waals surface area contributed by atoms with E-state index >= 15 is 0 Å². The summed E-state index contributed by atoms with van der Waals surface area (Å²) in [5.41, 5.74) is 2.52. The third-order valence-corrected chi connectivity index (χ3v) is 6.84. The third-order valence-electron chi connectivity index (χ3n) is 6.84. The van der Waals surface area contributed by atoms with E-state index in [1.165, 1.54) is 12.1 Å². The molecule has 1 aromatic heterocycles. The van der Waals surface area contributed by atoms with Crippen LogP contribution in [0.2, 0.25) is 0 Å². The summed E-state index contributed by atoms with van der Waals surface area (Å²) in [5, 5.41) is 0. The van der Waals surface area contributed by atoms with Gasteiger partial charge in [-0.05, 0) is 93.5 Å². The number of Topliss-reactive ketones (excluding diaryl/α,β-unsaturated/α-hetero) is 1. The van der Waals surface area contributed by atoms with Crippen molar-refractivity contribution in [2.24, 2.45) is 5.92 Å². The normalized spacial score (nSPS) is 14.2. The predicted molar refractivity (Wildman–Crippen MR) is 141 cm³/mol. The smallest absolute Gasteiger partial charge is 0.258 e. The Morgan fingerprint density at radius 1 is 1.00 bits per heavy atom. The Morgan fingerprint density at radius 3 is 2.27 bits per heavy atom. The molecule has 2 aromatic carbocycles. The van der Waals surface area contributed by atoms with E-state index in [0.717, 1.165) is 38.0 Å². The molecule has 0 unspecified atom stereocenters. The molecule has 1 aliphatic heterocycles. The molecule has 0 radical (unpaired) electrons. The number of rotatable bonds is 10. The molecule has 0 saturated carbocycles. The lowest BCUT2D eigenvalue weighted by Crippen LogP contribution is -2.43. The van der Waals surface area contributed by atoms with Gasteiger partial charge < -0.3 is 14.7 Å². The van der Waals surface area contributed by atoms with Crippen molar-refractivity contribution in [2.45, 2.75) is 19.8 Å². The summed E-state index contributed by atoms with van der Waals surface area (Å²) < 4.78 is 13.2. The molecule has 0 N–H and O–H groups in total. The number of likely N-dealkylation sites (tertiary alicyclic amines) is 1. The SMILES string of the molecule is CCN(C=O)c1ccc(C(=O)N(CCN2CCC(C(=O)c3ccc(F)cc3)CC2)c2cccnc2)cc1. The molecule has 0 bridgehead atoms. The van der Waals surface area contributed by atoms with Gasteiger partial charge in [0.1, 0.15) is 5.82 Å². The van der Waals surface area contributed by atoms with E-state index in [2.05, 4.69) is 9.88 Å². The minimum atomic E-state index is -0.348. The second-order valence-corrected chi connectivity index (χ2v) is 9.09. The summed E-state index contributed by atoms with van der Waals surface area (Å²) in [4.78, 5) is 47.2. The van der Waals surface area contributed by atoms with Crippen LogP contribution in [0, 0.1) is 11.7 Å². The number of hydrogen-bond donors (Lipinski definition) is 0. The molecule has 2 amide bonds. The lowest BCUT2D eigenvalue weighted by Gasteiger charge is -2.33. The van der Waals surface area contributed by atoms with Crippen LogP contribution in [0.1, 0.15) is 40.5 Å². The first-order valence-electron chi connectivity index (χ1n) is 12.6. The zero-order valence-electron chi connectivity index (χ0n) is 20.9. The average molecular weight is 503 g/mol. The fourth-order valence-corrected chi connectivity index (χ4v) is 4.64. The van der Waals surface area contributed by atoms with Gasteiger partial charge >= 0.3 is 0 Å². The standard InChI is InChI=1S/C29H31FN4O3/c1-2-33(21-35)26-11-7-24(8-12-26)29(37)34(27-4-3-15-31-20-27)19-18-32-16-13-23(14-17-32)28(36)22-5-9-25(30)10-6-22/h3-12,15,20-21,23H,2,13-14,16-19H2,1H3. The number of nitrogens with zero attached hydrogens (tertiary/aromatic N) is 4. The van der Waals surface area contributed by atoms with Gasteiger partial charge in [-0.1, -0.05) is 0 Å². The number of carbonyl (C=O) groups excluding carboxylic acids is 3. The number of ketones is 1. The van der Waals surface area contributed by atoms with E-state index < -0.39 is 0 Å². The van der Waals surface area contributed by atoms with Crippen LogP contribution in [0.5, 0.6) is 0 Å². The van der Waals surface area contributed by atoms with Gasteiger partial charge in [-0.3, -0.25) is 19.4 Å². The summed E-state index contributed by atoms with van der Waals surface area (Å²) >= 11 is 0. The first kappa shape index (κ1) is 26.2. The van der Waals surface area contributed by atoms with Gasteiger partial charge in [0.05, 0.1) is 11.9 Å². The second kappa shape index (κ2) is 12.4. The largest absolute Gasteiger partial charge is 0.315 e. The van der Waals surface area contributed by atoms with E-state index in [4.69, 9.17) is 0 Å². The molecular weight excluding hydrogens is 471 g/mol. The highest BCUT2D eigenvalue weighted by Gasteiger charge is 2.27. The number of anilines is 2. The minimum absolute atomic E-state index is 0.0616. The third kappa shape index (κ3) is 6.46. The van der Waals surface area contributed by atoms with Gasteiger partial charge in [0.25, 0.3) is 5.91 Å². The number of aromatic nitrogens is 1. The molecule has 4 rings (SSSR count). The Hall–Kier alpha value is -3.91. The van der Waals surface area contributed by atoms with Crippen LogP contribution >= 0.6 is 0 Å². The van der Waals surface area contributed by atoms with Crippen molar-refractivity contribution >= 4 is 29.5 Å². The number of pyridine rings is 1. The maximum absolute atomic E-state index is 13.5. The average Bonchev–Trinajstić information content (AvgIpc) is 2.95. The molecule has 192 valence electrons. The molecule has 0 atom stereocenters. The maximum atomic E-state index is 13.5. The van der Waals surface area contributed by atoms with Crippen LogP contribution in [-0.2, 0) is 4.79 Å². The van der Waals surface area contributed by atoms with E-state index in [9.17, 15) is 18.8 Å². The van der Waals surface area contributed by atoms with Gasteiger partial charge in [0.2, 0.25) is 6.41 Å². The molecule has 2 heterocycles. The number of carbonyl (C=O) groups is 3. The molecule has 37 heavy (non-hydrogen) atoms. The molecular formula is C29H31FN4O3. The maximum Gasteiger partial charge on any atom is 0.258 e. The summed E-state index contributed by atoms with van der Waals surface area (Å²) in [7, 11) is 0. The van der Waals surface area contributed by atoms with Crippen LogP contribution in [0.25, 0.3) is 0 Å². The highest BCUT2D eigenvalue weighted by molar-refractivity contribution is 6.06. The van der Waals surface area contributed by atoms with Crippen LogP contribution in [-0.4, -0.2) is 60.7 Å². The Bertz CT molecular complexity index is 1190. The van der Waals surface area contributed by atoms with Crippen molar-refractivity contribution in [3.05, 3.63) is 90.0 Å². The first-order valence-corrected chi connectivity index (χ1v) is 12.6. The van der Waals surface area contributed by atoms with Gasteiger partial charge in [0.15, 0.2) is 5.78 Å². The van der Waals surface area contributed by atoms with Crippen LogP contribution < -0.4 is 9.80 Å². The van der Waals surface area contributed by atoms with E-state index in [1.807, 2.05) is 13.0 Å². The summed E-state index contributed by atoms with van der Waals surface area (Å²) in [6, 6.07) is 16.4. The zero-order chi connectivity index (χ0) is 26.2. The topological polar surface area (TPSA) is 73.8 Å². The number of piperidine rings is 1. The van der Waals surface area contributed by atoms with Crippen molar-refractivity contribution in [3.63, 3.8) is 0 Å². The van der Waals surface area contributed by atoms with Crippen molar-refractivity contribution in [2.75, 3.05) is 42.5 Å². The molecule has 8 heteroatoms. The highest BCUT2D eigenvalue weighted by Crippen LogP contribution is 2.23. The lowest BCUT2D eigenvalue weighted by atomic mass is 9.89. The molecule has 1 fully saturated rings. The lowest BCUT2D eigenvalue weighted by molar-refractivity contribution is -0.107. The van der Waals surface area contributed by atoms with E-state index in [0.29, 0.717) is 36.4 Å². The van der Waals surface area contributed by atoms with Crippen molar-refractivity contribution in [3.8, 4) is 0 Å². The number of hydrogen-bond acceptors (Lipinski definition) is 5. The quantitative estimate of drug-likeness (QED) is 0.303. The van der Waals surface area contributed by atoms with Gasteiger partial charge in [-0.25, -0.2) is 4.39 Å². The molecule has 0 aliphatic carbocycles. The monoisotopic (exact) mass is 502 g/mol. The van der Waals surface area contributed by atoms with Gasteiger partial charge in [-0.15, -0.1) is 0 Å². The summed E-state index contributed by atoms with van der Waals surface area (Å²) in [6.07, 6.45) is 5.56. The Labute approximate surface area is 216 Å². The summed E-state index contributed by atoms with van der Waals surface area (Å²) in [5.74, 6) is -0.509. The highest BCUT2D eigenvalue weighted by atomic mass is 19.1. The van der Waals surface area contributed by atoms with Gasteiger partial charge in [0, 0.05) is 48.6 Å². The fraction of sp³-hybridized carbons (Fsp3) is 0.310. The molecule has 3 aromatic rings. The number of amides is 2. The van der Waals surface area contributed by atoms with Gasteiger partial charge in [-0.2, -0.15) is 0 Å². The minimum Gasteiger partial charge on any atom is -0.315 e. The Balaban J connectivity index is 1.39. The number of halogens is 1. The second-order valence-electron chi connectivity index (χ2n) is 9.09. The van der Waals surface area contributed by atoms with Crippen molar-refractivity contribution in [1.29, 1.82) is 0 Å². The fourth-order valence-electron chi connectivity index (χ4n) is 4.64. The Kier molecular flexibility index (Phi) is 8.74. The van der Waals surface area contributed by atoms with Crippen LogP contribution in [0.4, 0.5) is 15.8 Å². The van der Waals surface area contributed by atoms with Crippen LogP contribution in [0.15, 0.2) is 73.1 Å². The van der Waals surface area contributed by atoms with Crippen molar-refractivity contribution in [1.82, 2.24) is 9.88 Å². The molecule has 7 nitrogen and oxygen atoms in total. The summed E-state index contributed by atoms with van der Waals surface area (Å²) in [6.45, 7) is 5.06. The first-order chi connectivity index (χ1) is 18.0. The number of benzene rings is 2. The van der Waals surface area contributed by atoms with Crippen LogP contribution in [0.3, 0.4) is 0 Å². The molecule has 0 spiro atoms. The zero-order valence-corrected chi connectivity index (χ0v) is 20.9.